The first-order valence-corrected chi connectivity index (χ1v) is 11.4. The molecule has 0 atom stereocenters. The Morgan fingerprint density at radius 2 is 1.85 bits per heavy atom. The van der Waals surface area contributed by atoms with Crippen LogP contribution < -0.4 is 20.3 Å². The smallest absolute Gasteiger partial charge is 0.225 e. The Labute approximate surface area is 191 Å². The number of ether oxygens (including phenoxy) is 2. The zero-order valence-electron chi connectivity index (χ0n) is 18.6. The van der Waals surface area contributed by atoms with Crippen LogP contribution in [0.5, 0.6) is 5.75 Å². The number of nitrogens with zero attached hydrogens (tertiary/aromatic N) is 5. The Morgan fingerprint density at radius 1 is 1.06 bits per heavy atom. The molecule has 0 radical (unpaired) electrons. The molecule has 1 aliphatic heterocycles. The number of fused-ring (bicyclic) bond motifs is 1. The zero-order valence-corrected chi connectivity index (χ0v) is 18.6. The minimum absolute atomic E-state index is 0.0928. The van der Waals surface area contributed by atoms with E-state index in [1.54, 1.807) is 19.4 Å². The lowest BCUT2D eigenvalue weighted by Gasteiger charge is -2.31. The van der Waals surface area contributed by atoms with Crippen molar-refractivity contribution in [2.75, 3.05) is 48.9 Å². The Bertz CT molecular complexity index is 1100. The molecule has 0 bridgehead atoms. The molecular weight excluding hydrogens is 425 g/mol. The van der Waals surface area contributed by atoms with E-state index < -0.39 is 5.82 Å². The molecule has 10 heteroatoms. The fraction of sp³-hybridized carbons (Fsp3) is 0.478. The fourth-order valence-corrected chi connectivity index (χ4v) is 4.42. The van der Waals surface area contributed by atoms with E-state index in [0.29, 0.717) is 5.95 Å². The standard InChI is InChI=1S/C23H28FN7O2/c1-25-22-18(24)14-28-23(30-22)29-15-2-4-17(5-3-15)33-20-13-16(31-8-10-32-11-9-31)12-19-21(20)27-7-6-26-19/h6-7,12-15,17H,2-5,8-11H2,1H3,(H2,25,28,29,30). The first-order valence-electron chi connectivity index (χ1n) is 11.4. The van der Waals surface area contributed by atoms with Crippen LogP contribution in [0.25, 0.3) is 11.0 Å². The maximum atomic E-state index is 13.6. The molecule has 1 aromatic carbocycles. The van der Waals surface area contributed by atoms with Crippen LogP contribution in [0.2, 0.25) is 0 Å². The third kappa shape index (κ3) is 4.90. The number of aromatic nitrogens is 4. The van der Waals surface area contributed by atoms with Crippen molar-refractivity contribution in [2.45, 2.75) is 37.8 Å². The first kappa shape index (κ1) is 21.6. The summed E-state index contributed by atoms with van der Waals surface area (Å²) >= 11 is 0. The van der Waals surface area contributed by atoms with Gasteiger partial charge in [-0.2, -0.15) is 4.98 Å². The molecule has 3 heterocycles. The summed E-state index contributed by atoms with van der Waals surface area (Å²) in [6.07, 6.45) is 8.29. The van der Waals surface area contributed by atoms with E-state index >= 15 is 0 Å². The van der Waals surface area contributed by atoms with Gasteiger partial charge in [0.2, 0.25) is 5.95 Å². The van der Waals surface area contributed by atoms with Crippen LogP contribution in [0.3, 0.4) is 0 Å². The molecular formula is C23H28FN7O2. The monoisotopic (exact) mass is 453 g/mol. The molecule has 5 rings (SSSR count). The van der Waals surface area contributed by atoms with Crippen LogP contribution in [0.4, 0.5) is 21.8 Å². The number of nitrogens with one attached hydrogen (secondary N) is 2. The topological polar surface area (TPSA) is 97.3 Å². The van der Waals surface area contributed by atoms with E-state index in [-0.39, 0.29) is 18.0 Å². The number of halogens is 1. The van der Waals surface area contributed by atoms with Gasteiger partial charge in [-0.15, -0.1) is 0 Å². The third-order valence-corrected chi connectivity index (χ3v) is 6.18. The Balaban J connectivity index is 1.26. The first-order chi connectivity index (χ1) is 16.2. The Hall–Kier alpha value is -3.27. The summed E-state index contributed by atoms with van der Waals surface area (Å²) in [5, 5.41) is 6.07. The molecule has 1 saturated heterocycles. The van der Waals surface area contributed by atoms with Gasteiger partial charge >= 0.3 is 0 Å². The van der Waals surface area contributed by atoms with Crippen molar-refractivity contribution in [3.05, 3.63) is 36.5 Å². The zero-order chi connectivity index (χ0) is 22.6. The van der Waals surface area contributed by atoms with Gasteiger partial charge in [0.15, 0.2) is 11.6 Å². The summed E-state index contributed by atoms with van der Waals surface area (Å²) < 4.78 is 25.6. The number of benzene rings is 1. The lowest BCUT2D eigenvalue weighted by molar-refractivity contribution is 0.122. The van der Waals surface area contributed by atoms with E-state index in [4.69, 9.17) is 9.47 Å². The fourth-order valence-electron chi connectivity index (χ4n) is 4.42. The van der Waals surface area contributed by atoms with Crippen molar-refractivity contribution in [1.82, 2.24) is 19.9 Å². The third-order valence-electron chi connectivity index (χ3n) is 6.18. The van der Waals surface area contributed by atoms with Gasteiger partial charge in [-0.3, -0.25) is 4.98 Å². The maximum absolute atomic E-state index is 13.6. The van der Waals surface area contributed by atoms with E-state index in [1.807, 2.05) is 0 Å². The molecule has 1 saturated carbocycles. The number of morpholine rings is 1. The van der Waals surface area contributed by atoms with Crippen LogP contribution in [-0.4, -0.2) is 65.4 Å². The quantitative estimate of drug-likeness (QED) is 0.583. The highest BCUT2D eigenvalue weighted by molar-refractivity contribution is 5.85. The van der Waals surface area contributed by atoms with Gasteiger partial charge in [-0.25, -0.2) is 14.4 Å². The van der Waals surface area contributed by atoms with Gasteiger partial charge in [0.05, 0.1) is 31.0 Å². The second-order valence-corrected chi connectivity index (χ2v) is 8.34. The molecule has 33 heavy (non-hydrogen) atoms. The lowest BCUT2D eigenvalue weighted by Crippen LogP contribution is -2.36. The normalized spacial score (nSPS) is 21.1. The molecule has 2 fully saturated rings. The largest absolute Gasteiger partial charge is 0.488 e. The molecule has 2 aromatic heterocycles. The molecule has 0 spiro atoms. The number of rotatable bonds is 6. The van der Waals surface area contributed by atoms with Crippen LogP contribution >= 0.6 is 0 Å². The van der Waals surface area contributed by atoms with E-state index in [2.05, 4.69) is 47.6 Å². The molecule has 2 aliphatic rings. The van der Waals surface area contributed by atoms with Gasteiger partial charge in [0.1, 0.15) is 11.3 Å². The summed E-state index contributed by atoms with van der Waals surface area (Å²) in [6, 6.07) is 4.37. The molecule has 2 N–H and O–H groups in total. The van der Waals surface area contributed by atoms with Crippen molar-refractivity contribution in [3.8, 4) is 5.75 Å². The number of hydrogen-bond acceptors (Lipinski definition) is 9. The van der Waals surface area contributed by atoms with E-state index in [1.165, 1.54) is 6.20 Å². The van der Waals surface area contributed by atoms with E-state index in [9.17, 15) is 4.39 Å². The van der Waals surface area contributed by atoms with Gasteiger partial charge in [0.25, 0.3) is 0 Å². The Kier molecular flexibility index (Phi) is 6.34. The summed E-state index contributed by atoms with van der Waals surface area (Å²) in [5.41, 5.74) is 2.71. The highest BCUT2D eigenvalue weighted by atomic mass is 19.1. The van der Waals surface area contributed by atoms with Crippen LogP contribution in [-0.2, 0) is 4.74 Å². The average molecular weight is 454 g/mol. The SMILES string of the molecule is CNc1nc(NC2CCC(Oc3cc(N4CCOCC4)cc4nccnc34)CC2)ncc1F. The summed E-state index contributed by atoms with van der Waals surface area (Å²) in [6.45, 7) is 3.14. The maximum Gasteiger partial charge on any atom is 0.225 e. The summed E-state index contributed by atoms with van der Waals surface area (Å²) in [4.78, 5) is 19.6. The minimum Gasteiger partial charge on any atom is -0.488 e. The van der Waals surface area contributed by atoms with Crippen molar-refractivity contribution in [1.29, 1.82) is 0 Å². The van der Waals surface area contributed by atoms with Crippen LogP contribution in [0.1, 0.15) is 25.7 Å². The molecule has 1 aliphatic carbocycles. The second kappa shape index (κ2) is 9.70. The molecule has 0 unspecified atom stereocenters. The highest BCUT2D eigenvalue weighted by Gasteiger charge is 2.25. The number of hydrogen-bond donors (Lipinski definition) is 2. The molecule has 3 aromatic rings. The van der Waals surface area contributed by atoms with Crippen LogP contribution in [0.15, 0.2) is 30.7 Å². The van der Waals surface area contributed by atoms with Crippen molar-refractivity contribution in [2.24, 2.45) is 0 Å². The van der Waals surface area contributed by atoms with Crippen molar-refractivity contribution < 1.29 is 13.9 Å². The molecule has 9 nitrogen and oxygen atoms in total. The minimum atomic E-state index is -0.463. The average Bonchev–Trinajstić information content (AvgIpc) is 2.87. The number of anilines is 3. The van der Waals surface area contributed by atoms with Gasteiger partial charge in [0, 0.05) is 50.3 Å². The predicted octanol–water partition coefficient (Wildman–Crippen LogP) is 3.24. The molecule has 174 valence electrons. The predicted molar refractivity (Wildman–Crippen MR) is 124 cm³/mol. The van der Waals surface area contributed by atoms with Crippen molar-refractivity contribution in [3.63, 3.8) is 0 Å². The summed E-state index contributed by atoms with van der Waals surface area (Å²) in [7, 11) is 1.64. The lowest BCUT2D eigenvalue weighted by atomic mass is 9.93. The van der Waals surface area contributed by atoms with Gasteiger partial charge in [-0.1, -0.05) is 0 Å². The van der Waals surface area contributed by atoms with Gasteiger partial charge in [-0.05, 0) is 31.7 Å². The highest BCUT2D eigenvalue weighted by Crippen LogP contribution is 2.33. The second-order valence-electron chi connectivity index (χ2n) is 8.34. The van der Waals surface area contributed by atoms with Crippen LogP contribution in [0, 0.1) is 5.82 Å². The van der Waals surface area contributed by atoms with Crippen molar-refractivity contribution >= 4 is 28.5 Å². The molecule has 0 amide bonds. The van der Waals surface area contributed by atoms with E-state index in [0.717, 1.165) is 74.5 Å². The Morgan fingerprint density at radius 3 is 2.64 bits per heavy atom. The summed E-state index contributed by atoms with van der Waals surface area (Å²) in [5.74, 6) is 0.941. The van der Waals surface area contributed by atoms with Gasteiger partial charge < -0.3 is 25.0 Å².